The molecule has 0 bridgehead atoms. The van der Waals surface area contributed by atoms with Gasteiger partial charge in [-0.3, -0.25) is 19.4 Å². The van der Waals surface area contributed by atoms with Crippen LogP contribution in [0.4, 0.5) is 0 Å². The van der Waals surface area contributed by atoms with Gasteiger partial charge in [-0.15, -0.1) is 0 Å². The van der Waals surface area contributed by atoms with Crippen molar-refractivity contribution in [2.75, 3.05) is 19.8 Å². The molecule has 292 valence electrons. The Morgan fingerprint density at radius 3 is 1.44 bits per heavy atom. The zero-order valence-electron chi connectivity index (χ0n) is 32.1. The van der Waals surface area contributed by atoms with Crippen LogP contribution < -0.4 is 16.8 Å². The first kappa shape index (κ1) is 47.1. The molecule has 0 unspecified atom stereocenters. The van der Waals surface area contributed by atoms with Gasteiger partial charge in [0.15, 0.2) is 12.1 Å². The number of nitrogens with one attached hydrogen (secondary N) is 1. The minimum absolute atomic E-state index is 0.0560. The summed E-state index contributed by atoms with van der Waals surface area (Å²) in [6.45, 7) is 5.56. The smallest absolute Gasteiger partial charge is 0.328 e. The molecule has 0 saturated carbocycles. The average Bonchev–Trinajstić information content (AvgIpc) is 3.08. The number of nitrogens with zero attached hydrogens (tertiary/aromatic N) is 1. The van der Waals surface area contributed by atoms with Gasteiger partial charge < -0.3 is 31.0 Å². The number of guanidine groups is 1. The maximum absolute atomic E-state index is 12.9. The summed E-state index contributed by atoms with van der Waals surface area (Å²) in [6.07, 6.45) is 26.2. The van der Waals surface area contributed by atoms with Gasteiger partial charge in [0.25, 0.3) is 0 Å². The zero-order valence-corrected chi connectivity index (χ0v) is 32.1. The molecule has 0 aromatic carbocycles. The Balaban J connectivity index is 4.72. The van der Waals surface area contributed by atoms with E-state index in [-0.39, 0.29) is 50.3 Å². The summed E-state index contributed by atoms with van der Waals surface area (Å²) in [4.78, 5) is 53.7. The number of rotatable bonds is 35. The van der Waals surface area contributed by atoms with Crippen LogP contribution in [0, 0.1) is 0 Å². The van der Waals surface area contributed by atoms with Crippen molar-refractivity contribution in [1.29, 1.82) is 0 Å². The van der Waals surface area contributed by atoms with Gasteiger partial charge >= 0.3 is 17.9 Å². The lowest BCUT2D eigenvalue weighted by molar-refractivity contribution is -0.167. The molecule has 0 radical (unpaired) electrons. The van der Waals surface area contributed by atoms with Crippen LogP contribution >= 0.6 is 0 Å². The van der Waals surface area contributed by atoms with Crippen LogP contribution in [0.25, 0.3) is 0 Å². The molecule has 5 N–H and O–H groups in total. The molecular weight excluding hydrogens is 636 g/mol. The van der Waals surface area contributed by atoms with Crippen LogP contribution in [-0.2, 0) is 33.4 Å². The Hall–Kier alpha value is -2.85. The van der Waals surface area contributed by atoms with Gasteiger partial charge in [0.05, 0.1) is 0 Å². The number of hydrogen-bond donors (Lipinski definition) is 3. The van der Waals surface area contributed by atoms with E-state index in [1.165, 1.54) is 103 Å². The summed E-state index contributed by atoms with van der Waals surface area (Å²) < 4.78 is 16.5. The first-order valence-corrected chi connectivity index (χ1v) is 20.0. The fourth-order valence-electron chi connectivity index (χ4n) is 5.76. The van der Waals surface area contributed by atoms with Gasteiger partial charge in [0.2, 0.25) is 5.91 Å². The van der Waals surface area contributed by atoms with Gasteiger partial charge in [-0.25, -0.2) is 4.79 Å². The third kappa shape index (κ3) is 32.4. The van der Waals surface area contributed by atoms with Crippen LogP contribution in [0.3, 0.4) is 0 Å². The second-order valence-corrected chi connectivity index (χ2v) is 13.7. The molecule has 0 fully saturated rings. The molecule has 50 heavy (non-hydrogen) atoms. The Morgan fingerprint density at radius 2 is 1.00 bits per heavy atom. The Morgan fingerprint density at radius 1 is 0.580 bits per heavy atom. The molecule has 11 heteroatoms. The molecule has 1 amide bonds. The van der Waals surface area contributed by atoms with Crippen molar-refractivity contribution in [2.45, 2.75) is 200 Å². The number of unbranched alkanes of at least 4 members (excludes halogenated alkanes) is 20. The molecule has 0 aliphatic carbocycles. The average molecular weight is 711 g/mol. The largest absolute Gasteiger partial charge is 0.462 e. The second kappa shape index (κ2) is 34.6. The molecule has 11 nitrogen and oxygen atoms in total. The van der Waals surface area contributed by atoms with Crippen LogP contribution in [0.15, 0.2) is 4.99 Å². The predicted octanol–water partition coefficient (Wildman–Crippen LogP) is 7.95. The summed E-state index contributed by atoms with van der Waals surface area (Å²) >= 11 is 0. The first-order valence-electron chi connectivity index (χ1n) is 20.0. The van der Waals surface area contributed by atoms with E-state index in [1.54, 1.807) is 0 Å². The van der Waals surface area contributed by atoms with Crippen LogP contribution in [-0.4, -0.2) is 61.7 Å². The SMILES string of the molecule is CCCCCCCCCCCCCC(=O)OC[C@@H](COC(=O)[C@H](CCCN=C(N)N)NC(C)=O)OC(=O)CCCCCCCCCCCCC. The normalized spacial score (nSPS) is 12.1. The summed E-state index contributed by atoms with van der Waals surface area (Å²) in [5.74, 6) is -1.91. The lowest BCUT2D eigenvalue weighted by Crippen LogP contribution is -2.42. The summed E-state index contributed by atoms with van der Waals surface area (Å²) in [5, 5.41) is 2.58. The summed E-state index contributed by atoms with van der Waals surface area (Å²) in [7, 11) is 0. The maximum Gasteiger partial charge on any atom is 0.328 e. The maximum atomic E-state index is 12.9. The number of nitrogens with two attached hydrogens (primary N) is 2. The minimum atomic E-state index is -0.944. The standard InChI is InChI=1S/C39H74N4O7/c1-4-6-8-10-12-14-16-18-20-22-24-28-36(45)48-31-34(32-49-38(47)35(43-33(3)44)27-26-30-42-39(40)41)50-37(46)29-25-23-21-19-17-15-13-11-9-7-5-2/h34-35H,4-32H2,1-3H3,(H,43,44)(H4,40,41,42)/t34-,35-/m0/s1. The molecule has 2 atom stereocenters. The van der Waals surface area contributed by atoms with E-state index in [2.05, 4.69) is 24.2 Å². The van der Waals surface area contributed by atoms with Gasteiger partial charge in [0.1, 0.15) is 19.3 Å². The Labute approximate surface area is 304 Å². The Bertz CT molecular complexity index is 896. The van der Waals surface area contributed by atoms with Crippen molar-refractivity contribution >= 4 is 29.8 Å². The fraction of sp³-hybridized carbons (Fsp3) is 0.872. The quantitative estimate of drug-likeness (QED) is 0.0194. The summed E-state index contributed by atoms with van der Waals surface area (Å²) in [6, 6.07) is -0.919. The lowest BCUT2D eigenvalue weighted by atomic mass is 10.1. The van der Waals surface area contributed by atoms with Gasteiger partial charge in [-0.05, 0) is 25.7 Å². The third-order valence-electron chi connectivity index (χ3n) is 8.72. The fourth-order valence-corrected chi connectivity index (χ4v) is 5.76. The number of aliphatic imine (C=N–C) groups is 1. The van der Waals surface area contributed by atoms with E-state index >= 15 is 0 Å². The zero-order chi connectivity index (χ0) is 37.1. The van der Waals surface area contributed by atoms with Crippen molar-refractivity contribution in [3.05, 3.63) is 0 Å². The molecule has 0 aromatic heterocycles. The van der Waals surface area contributed by atoms with Crippen LogP contribution in [0.2, 0.25) is 0 Å². The molecule has 0 spiro atoms. The second-order valence-electron chi connectivity index (χ2n) is 13.7. The van der Waals surface area contributed by atoms with E-state index in [9.17, 15) is 19.2 Å². The van der Waals surface area contributed by atoms with Gasteiger partial charge in [-0.1, -0.05) is 142 Å². The predicted molar refractivity (Wildman–Crippen MR) is 201 cm³/mol. The summed E-state index contributed by atoms with van der Waals surface area (Å²) in [5.41, 5.74) is 10.7. The molecule has 0 rings (SSSR count). The van der Waals surface area contributed by atoms with E-state index in [0.717, 1.165) is 38.5 Å². The van der Waals surface area contributed by atoms with Gasteiger partial charge in [-0.2, -0.15) is 0 Å². The number of esters is 3. The van der Waals surface area contributed by atoms with Crippen molar-refractivity contribution < 1.29 is 33.4 Å². The van der Waals surface area contributed by atoms with E-state index in [1.807, 2.05) is 0 Å². The highest BCUT2D eigenvalue weighted by Gasteiger charge is 2.24. The molecule has 0 aliphatic heterocycles. The lowest BCUT2D eigenvalue weighted by Gasteiger charge is -2.21. The molecule has 0 heterocycles. The van der Waals surface area contributed by atoms with E-state index < -0.39 is 24.1 Å². The number of ether oxygens (including phenoxy) is 3. The number of carbonyl (C=O) groups is 4. The van der Waals surface area contributed by atoms with Gasteiger partial charge in [0, 0.05) is 26.3 Å². The highest BCUT2D eigenvalue weighted by Crippen LogP contribution is 2.14. The first-order chi connectivity index (χ1) is 24.2. The Kier molecular flexibility index (Phi) is 32.6. The third-order valence-corrected chi connectivity index (χ3v) is 8.72. The van der Waals surface area contributed by atoms with Crippen LogP contribution in [0.5, 0.6) is 0 Å². The van der Waals surface area contributed by atoms with E-state index in [0.29, 0.717) is 19.4 Å². The number of carbonyl (C=O) groups excluding carboxylic acids is 4. The topological polar surface area (TPSA) is 172 Å². The highest BCUT2D eigenvalue weighted by atomic mass is 16.6. The van der Waals surface area contributed by atoms with E-state index in [4.69, 9.17) is 25.7 Å². The van der Waals surface area contributed by atoms with Crippen molar-refractivity contribution in [3.63, 3.8) is 0 Å². The molecule has 0 aromatic rings. The highest BCUT2D eigenvalue weighted by molar-refractivity contribution is 5.83. The molecule has 0 aliphatic rings. The van der Waals surface area contributed by atoms with Crippen molar-refractivity contribution in [2.24, 2.45) is 16.5 Å². The minimum Gasteiger partial charge on any atom is -0.462 e. The molecular formula is C39H74N4O7. The molecule has 0 saturated heterocycles. The van der Waals surface area contributed by atoms with Crippen molar-refractivity contribution in [3.8, 4) is 0 Å². The monoisotopic (exact) mass is 711 g/mol. The number of hydrogen-bond acceptors (Lipinski definition) is 8. The number of amides is 1. The van der Waals surface area contributed by atoms with Crippen molar-refractivity contribution in [1.82, 2.24) is 5.32 Å². The van der Waals surface area contributed by atoms with Crippen LogP contribution in [0.1, 0.15) is 188 Å².